The Morgan fingerprint density at radius 3 is 2.58 bits per heavy atom. The van der Waals surface area contributed by atoms with Gasteiger partial charge in [0.2, 0.25) is 0 Å². The molecule has 2 N–H and O–H groups in total. The third kappa shape index (κ3) is 3.41. The lowest BCUT2D eigenvalue weighted by Gasteiger charge is -2.42. The molecule has 8 heteroatoms. The monoisotopic (exact) mass is 375 g/mol. The van der Waals surface area contributed by atoms with Crippen LogP contribution in [0.3, 0.4) is 0 Å². The first-order chi connectivity index (χ1) is 12.3. The van der Waals surface area contributed by atoms with Gasteiger partial charge in [-0.2, -0.15) is 22.9 Å². The van der Waals surface area contributed by atoms with Crippen LogP contribution in [0.1, 0.15) is 30.4 Å². The fraction of sp³-hybridized carbons (Fsp3) is 0.556. The highest BCUT2D eigenvalue weighted by atomic mass is 32.2. The maximum Gasteiger partial charge on any atom is 0.277 e. The number of benzene rings is 1. The predicted octanol–water partition coefficient (Wildman–Crippen LogP) is 1.74. The largest absolute Gasteiger partial charge is 0.369 e. The summed E-state index contributed by atoms with van der Waals surface area (Å²) in [7, 11) is -3.58. The van der Waals surface area contributed by atoms with Gasteiger partial charge in [-0.05, 0) is 62.3 Å². The van der Waals surface area contributed by atoms with Crippen molar-refractivity contribution in [1.29, 1.82) is 0 Å². The lowest BCUT2D eigenvalue weighted by molar-refractivity contribution is 0.320. The normalized spacial score (nSPS) is 18.5. The molecule has 0 unspecified atom stereocenters. The molecule has 2 aliphatic rings. The first kappa shape index (κ1) is 17.6. The van der Waals surface area contributed by atoms with Crippen molar-refractivity contribution in [2.45, 2.75) is 39.2 Å². The van der Waals surface area contributed by atoms with E-state index in [0.717, 1.165) is 48.9 Å². The van der Waals surface area contributed by atoms with Crippen LogP contribution in [-0.2, 0) is 10.2 Å². The van der Waals surface area contributed by atoms with Gasteiger partial charge >= 0.3 is 0 Å². The molecule has 0 spiro atoms. The summed E-state index contributed by atoms with van der Waals surface area (Å²) >= 11 is 0. The average Bonchev–Trinajstić information content (AvgIpc) is 3.34. The molecular formula is C18H25N5O2S. The molecule has 0 radical (unpaired) electrons. The van der Waals surface area contributed by atoms with Crippen LogP contribution in [0.15, 0.2) is 18.3 Å². The summed E-state index contributed by atoms with van der Waals surface area (Å²) in [4.78, 5) is 2.30. The summed E-state index contributed by atoms with van der Waals surface area (Å²) in [5, 5.41) is 14.9. The lowest BCUT2D eigenvalue weighted by atomic mass is 9.94. The Labute approximate surface area is 154 Å². The van der Waals surface area contributed by atoms with Gasteiger partial charge in [0.15, 0.2) is 0 Å². The van der Waals surface area contributed by atoms with Crippen molar-refractivity contribution in [2.75, 3.05) is 24.5 Å². The molecule has 0 bridgehead atoms. The van der Waals surface area contributed by atoms with E-state index in [4.69, 9.17) is 5.14 Å². The quantitative estimate of drug-likeness (QED) is 0.830. The molecular weight excluding hydrogens is 350 g/mol. The summed E-state index contributed by atoms with van der Waals surface area (Å²) in [6.07, 6.45) is 4.54. The highest BCUT2D eigenvalue weighted by molar-refractivity contribution is 7.86. The summed E-state index contributed by atoms with van der Waals surface area (Å²) in [5.41, 5.74) is 4.49. The zero-order chi connectivity index (χ0) is 18.5. The van der Waals surface area contributed by atoms with Gasteiger partial charge in [0.25, 0.3) is 10.2 Å². The maximum atomic E-state index is 11.7. The zero-order valence-electron chi connectivity index (χ0n) is 15.2. The number of hydrogen-bond acceptors (Lipinski definition) is 5. The van der Waals surface area contributed by atoms with Gasteiger partial charge in [0.05, 0.1) is 17.4 Å². The van der Waals surface area contributed by atoms with Crippen LogP contribution in [0.25, 0.3) is 10.9 Å². The van der Waals surface area contributed by atoms with Crippen LogP contribution >= 0.6 is 0 Å². The number of hydrogen-bond donors (Lipinski definition) is 1. The number of rotatable bonds is 6. The highest BCUT2D eigenvalue weighted by Crippen LogP contribution is 2.34. The third-order valence-electron chi connectivity index (χ3n) is 5.57. The Morgan fingerprint density at radius 1 is 1.23 bits per heavy atom. The van der Waals surface area contributed by atoms with Gasteiger partial charge in [-0.15, -0.1) is 0 Å². The molecule has 2 fully saturated rings. The molecule has 1 aromatic heterocycles. The third-order valence-corrected chi connectivity index (χ3v) is 6.70. The molecule has 1 aromatic carbocycles. The first-order valence-corrected chi connectivity index (χ1v) is 10.6. The molecule has 26 heavy (non-hydrogen) atoms. The van der Waals surface area contributed by atoms with Crippen molar-refractivity contribution in [3.05, 3.63) is 29.5 Å². The zero-order valence-corrected chi connectivity index (χ0v) is 16.0. The fourth-order valence-electron chi connectivity index (χ4n) is 3.70. The summed E-state index contributed by atoms with van der Waals surface area (Å²) in [6.45, 7) is 6.54. The van der Waals surface area contributed by atoms with E-state index in [-0.39, 0.29) is 6.04 Å². The minimum absolute atomic E-state index is 0.126. The number of aryl methyl sites for hydroxylation is 2. The molecule has 0 atom stereocenters. The average molecular weight is 375 g/mol. The Kier molecular flexibility index (Phi) is 4.37. The Bertz CT molecular complexity index is 936. The molecule has 140 valence electrons. The van der Waals surface area contributed by atoms with E-state index in [0.29, 0.717) is 12.5 Å². The second kappa shape index (κ2) is 6.44. The van der Waals surface area contributed by atoms with Crippen LogP contribution < -0.4 is 10.0 Å². The summed E-state index contributed by atoms with van der Waals surface area (Å²) in [6, 6.07) is 4.39. The molecule has 1 saturated carbocycles. The van der Waals surface area contributed by atoms with E-state index < -0.39 is 10.2 Å². The Balaban J connectivity index is 1.42. The number of aromatic nitrogens is 2. The second-order valence-electron chi connectivity index (χ2n) is 7.63. The summed E-state index contributed by atoms with van der Waals surface area (Å²) in [5.74, 6) is 0.479. The van der Waals surface area contributed by atoms with Gasteiger partial charge in [-0.3, -0.25) is 0 Å². The smallest absolute Gasteiger partial charge is 0.277 e. The number of anilines is 1. The maximum absolute atomic E-state index is 11.7. The molecule has 2 heterocycles. The molecule has 1 aliphatic heterocycles. The Hall–Kier alpha value is -1.77. The molecule has 7 nitrogen and oxygen atoms in total. The molecule has 1 saturated heterocycles. The standard InChI is InChI=1S/C18H25N5O2S/c1-12-7-16-17(8-13(12)2)21-20-9-18(16)22-10-14(11-22)5-6-23(15-3-4-15)26(19,24)25/h7-9,14-15H,3-6,10-11H2,1-2H3,(H2,19,24,25). The minimum Gasteiger partial charge on any atom is -0.369 e. The molecule has 1 aliphatic carbocycles. The SMILES string of the molecule is Cc1cc2nncc(N3CC(CCN(C4CC4)S(N)(=O)=O)C3)c2cc1C. The van der Waals surface area contributed by atoms with E-state index in [2.05, 4.69) is 41.1 Å². The van der Waals surface area contributed by atoms with Crippen molar-refractivity contribution in [2.24, 2.45) is 11.1 Å². The molecule has 2 aromatic rings. The van der Waals surface area contributed by atoms with Crippen molar-refractivity contribution in [3.8, 4) is 0 Å². The predicted molar refractivity (Wildman–Crippen MR) is 102 cm³/mol. The summed E-state index contributed by atoms with van der Waals surface area (Å²) < 4.78 is 24.9. The lowest BCUT2D eigenvalue weighted by Crippen LogP contribution is -2.49. The van der Waals surface area contributed by atoms with Gasteiger partial charge in [0.1, 0.15) is 0 Å². The van der Waals surface area contributed by atoms with Gasteiger partial charge in [-0.25, -0.2) is 5.14 Å². The number of fused-ring (bicyclic) bond motifs is 1. The van der Waals surface area contributed by atoms with Crippen LogP contribution in [0.5, 0.6) is 0 Å². The van der Waals surface area contributed by atoms with Crippen molar-refractivity contribution < 1.29 is 8.42 Å². The van der Waals surface area contributed by atoms with E-state index in [1.54, 1.807) is 0 Å². The molecule has 4 rings (SSSR count). The van der Waals surface area contributed by atoms with Crippen LogP contribution in [0.4, 0.5) is 5.69 Å². The van der Waals surface area contributed by atoms with Gasteiger partial charge < -0.3 is 4.90 Å². The minimum atomic E-state index is -3.58. The van der Waals surface area contributed by atoms with Gasteiger partial charge in [0, 0.05) is 31.1 Å². The fourth-order valence-corrected chi connectivity index (χ4v) is 4.68. The second-order valence-corrected chi connectivity index (χ2v) is 9.13. The van der Waals surface area contributed by atoms with Crippen LogP contribution in [-0.4, -0.2) is 48.6 Å². The van der Waals surface area contributed by atoms with Crippen molar-refractivity contribution in [1.82, 2.24) is 14.5 Å². The van der Waals surface area contributed by atoms with Crippen LogP contribution in [0.2, 0.25) is 0 Å². The van der Waals surface area contributed by atoms with E-state index in [1.807, 2.05) is 6.20 Å². The van der Waals surface area contributed by atoms with E-state index in [1.165, 1.54) is 15.4 Å². The van der Waals surface area contributed by atoms with E-state index in [9.17, 15) is 8.42 Å². The van der Waals surface area contributed by atoms with Crippen molar-refractivity contribution >= 4 is 26.8 Å². The topological polar surface area (TPSA) is 92.4 Å². The highest BCUT2D eigenvalue weighted by Gasteiger charge is 2.37. The van der Waals surface area contributed by atoms with Gasteiger partial charge in [-0.1, -0.05) is 0 Å². The molecule has 0 amide bonds. The van der Waals surface area contributed by atoms with Crippen LogP contribution in [0, 0.1) is 19.8 Å². The van der Waals surface area contributed by atoms with Crippen molar-refractivity contribution in [3.63, 3.8) is 0 Å². The van der Waals surface area contributed by atoms with E-state index >= 15 is 0 Å². The first-order valence-electron chi connectivity index (χ1n) is 9.10. The number of nitrogens with zero attached hydrogens (tertiary/aromatic N) is 4. The number of nitrogens with two attached hydrogens (primary N) is 1. The Morgan fingerprint density at radius 2 is 1.92 bits per heavy atom.